The Bertz CT molecular complexity index is 529. The number of rotatable bonds is 4. The van der Waals surface area contributed by atoms with Crippen LogP contribution in [0.2, 0.25) is 0 Å². The molecule has 1 aromatic rings. The van der Waals surface area contributed by atoms with E-state index in [0.29, 0.717) is 11.8 Å². The monoisotopic (exact) mass is 366 g/mol. The van der Waals surface area contributed by atoms with Crippen molar-refractivity contribution in [2.75, 3.05) is 0 Å². The van der Waals surface area contributed by atoms with Crippen molar-refractivity contribution in [1.29, 1.82) is 0 Å². The molecule has 8 heteroatoms. The van der Waals surface area contributed by atoms with Crippen LogP contribution in [0.4, 0.5) is 8.78 Å². The van der Waals surface area contributed by atoms with Gasteiger partial charge in [0.25, 0.3) is 5.91 Å². The summed E-state index contributed by atoms with van der Waals surface area (Å²) in [4.78, 5) is 12.6. The number of carbonyl (C=O) groups excluding carboxylic acids is 1. The van der Waals surface area contributed by atoms with E-state index in [2.05, 4.69) is 10.1 Å². The molecule has 0 radical (unpaired) electrons. The predicted molar refractivity (Wildman–Crippen MR) is 87.5 cm³/mol. The predicted octanol–water partition coefficient (Wildman–Crippen LogP) is 3.41. The van der Waals surface area contributed by atoms with Crippen LogP contribution in [0, 0.1) is 11.8 Å². The molecule has 0 aromatic carbocycles. The Morgan fingerprint density at radius 3 is 2.61 bits per heavy atom. The van der Waals surface area contributed by atoms with Gasteiger partial charge in [-0.15, -0.1) is 23.7 Å². The van der Waals surface area contributed by atoms with E-state index < -0.39 is 6.61 Å². The van der Waals surface area contributed by atoms with Gasteiger partial charge >= 0.3 is 6.61 Å². The minimum atomic E-state index is -2.92. The summed E-state index contributed by atoms with van der Waals surface area (Å²) in [5.74, 6) is 0.426. The molecule has 0 saturated heterocycles. The number of alkyl halides is 2. The second kappa shape index (κ2) is 7.77. The first-order valence-corrected chi connectivity index (χ1v) is 8.51. The zero-order valence-electron chi connectivity index (χ0n) is 12.5. The van der Waals surface area contributed by atoms with Gasteiger partial charge in [0.05, 0.1) is 0 Å². The third kappa shape index (κ3) is 4.14. The van der Waals surface area contributed by atoms with Crippen LogP contribution in [0.3, 0.4) is 0 Å². The van der Waals surface area contributed by atoms with Crippen LogP contribution in [0.5, 0.6) is 5.75 Å². The van der Waals surface area contributed by atoms with Crippen LogP contribution in [0.1, 0.15) is 41.8 Å². The van der Waals surface area contributed by atoms with Crippen LogP contribution in [0.15, 0.2) is 11.4 Å². The molecule has 1 aromatic heterocycles. The SMILES string of the molecule is Cl.NC1CC2CCCC(C1)C2NC(=O)c1sccc1OC(F)F. The fourth-order valence-electron chi connectivity index (χ4n) is 3.89. The summed E-state index contributed by atoms with van der Waals surface area (Å²) in [6.07, 6.45) is 5.16. The van der Waals surface area contributed by atoms with Crippen molar-refractivity contribution >= 4 is 29.7 Å². The normalized spacial score (nSPS) is 29.7. The Morgan fingerprint density at radius 1 is 1.35 bits per heavy atom. The van der Waals surface area contributed by atoms with Crippen molar-refractivity contribution in [1.82, 2.24) is 5.32 Å². The van der Waals surface area contributed by atoms with E-state index in [4.69, 9.17) is 5.73 Å². The molecular formula is C15H21ClF2N2O2S. The van der Waals surface area contributed by atoms with Gasteiger partial charge in [0.15, 0.2) is 0 Å². The lowest BCUT2D eigenvalue weighted by Crippen LogP contribution is -2.53. The maximum Gasteiger partial charge on any atom is 0.387 e. The maximum atomic E-state index is 12.4. The average Bonchev–Trinajstić information content (AvgIpc) is 2.87. The highest BCUT2D eigenvalue weighted by molar-refractivity contribution is 7.12. The highest BCUT2D eigenvalue weighted by atomic mass is 35.5. The molecule has 1 amide bonds. The Balaban J connectivity index is 0.00000192. The van der Waals surface area contributed by atoms with Gasteiger partial charge in [0.2, 0.25) is 0 Å². The first-order chi connectivity index (χ1) is 10.5. The van der Waals surface area contributed by atoms with Gasteiger partial charge in [-0.2, -0.15) is 8.78 Å². The summed E-state index contributed by atoms with van der Waals surface area (Å²) in [5.41, 5.74) is 6.08. The molecule has 2 aliphatic carbocycles. The zero-order valence-corrected chi connectivity index (χ0v) is 14.2. The second-order valence-electron chi connectivity index (χ2n) is 6.17. The van der Waals surface area contributed by atoms with Crippen LogP contribution < -0.4 is 15.8 Å². The van der Waals surface area contributed by atoms with E-state index in [0.717, 1.165) is 37.0 Å². The highest BCUT2D eigenvalue weighted by Crippen LogP contribution is 2.40. The number of carbonyl (C=O) groups is 1. The molecule has 2 atom stereocenters. The molecule has 2 unspecified atom stereocenters. The summed E-state index contributed by atoms with van der Waals surface area (Å²) >= 11 is 1.12. The second-order valence-corrected chi connectivity index (χ2v) is 7.09. The van der Waals surface area contributed by atoms with E-state index in [9.17, 15) is 13.6 Å². The van der Waals surface area contributed by atoms with Crippen molar-refractivity contribution in [3.8, 4) is 5.75 Å². The molecule has 1 heterocycles. The van der Waals surface area contributed by atoms with Crippen LogP contribution >= 0.6 is 23.7 Å². The minimum absolute atomic E-state index is 0. The maximum absolute atomic E-state index is 12.4. The summed E-state index contributed by atoms with van der Waals surface area (Å²) in [6.45, 7) is -2.92. The molecule has 2 fully saturated rings. The number of nitrogens with one attached hydrogen (secondary N) is 1. The fraction of sp³-hybridized carbons (Fsp3) is 0.667. The standard InChI is InChI=1S/C15H20F2N2O2S.ClH/c16-15(17)21-11-4-5-22-13(11)14(20)19-12-8-2-1-3-9(12)7-10(18)6-8;/h4-5,8-10,12,15H,1-3,6-7,18H2,(H,19,20);1H. The van der Waals surface area contributed by atoms with Gasteiger partial charge in [-0.1, -0.05) is 6.42 Å². The smallest absolute Gasteiger partial charge is 0.387 e. The number of amides is 1. The lowest BCUT2D eigenvalue weighted by molar-refractivity contribution is -0.0498. The number of ether oxygens (including phenoxy) is 1. The molecule has 4 nitrogen and oxygen atoms in total. The van der Waals surface area contributed by atoms with Crippen molar-refractivity contribution in [2.45, 2.75) is 50.8 Å². The molecular weight excluding hydrogens is 346 g/mol. The summed E-state index contributed by atoms with van der Waals surface area (Å²) in [6, 6.07) is 1.72. The van der Waals surface area contributed by atoms with E-state index >= 15 is 0 Å². The van der Waals surface area contributed by atoms with Gasteiger partial charge in [0, 0.05) is 12.1 Å². The minimum Gasteiger partial charge on any atom is -0.433 e. The van der Waals surface area contributed by atoms with Crippen molar-refractivity contribution in [2.24, 2.45) is 17.6 Å². The summed E-state index contributed by atoms with van der Waals surface area (Å²) in [5, 5.41) is 4.64. The van der Waals surface area contributed by atoms with E-state index in [1.165, 1.54) is 12.5 Å². The number of nitrogens with two attached hydrogens (primary N) is 1. The van der Waals surface area contributed by atoms with Crippen molar-refractivity contribution in [3.05, 3.63) is 16.3 Å². The third-order valence-corrected chi connectivity index (χ3v) is 5.62. The molecule has 130 valence electrons. The lowest BCUT2D eigenvalue weighted by atomic mass is 9.67. The molecule has 3 rings (SSSR count). The Hall–Kier alpha value is -0.920. The molecule has 2 bridgehead atoms. The third-order valence-electron chi connectivity index (χ3n) is 4.73. The first kappa shape index (κ1) is 18.4. The molecule has 2 aliphatic rings. The molecule has 23 heavy (non-hydrogen) atoms. The number of hydrogen-bond acceptors (Lipinski definition) is 4. The van der Waals surface area contributed by atoms with Crippen LogP contribution in [-0.2, 0) is 0 Å². The zero-order chi connectivity index (χ0) is 15.7. The number of thiophene rings is 1. The van der Waals surface area contributed by atoms with E-state index in [1.54, 1.807) is 5.38 Å². The van der Waals surface area contributed by atoms with Gasteiger partial charge in [-0.3, -0.25) is 4.79 Å². The summed E-state index contributed by atoms with van der Waals surface area (Å²) in [7, 11) is 0. The van der Waals surface area contributed by atoms with E-state index in [1.807, 2.05) is 0 Å². The van der Waals surface area contributed by atoms with Gasteiger partial charge < -0.3 is 15.8 Å². The quantitative estimate of drug-likeness (QED) is 0.858. The molecule has 3 N–H and O–H groups in total. The van der Waals surface area contributed by atoms with Crippen LogP contribution in [-0.4, -0.2) is 24.6 Å². The van der Waals surface area contributed by atoms with E-state index in [-0.39, 0.29) is 41.0 Å². The van der Waals surface area contributed by atoms with Gasteiger partial charge in [0.1, 0.15) is 10.6 Å². The Labute approximate surface area is 144 Å². The number of hydrogen-bond donors (Lipinski definition) is 2. The van der Waals surface area contributed by atoms with Gasteiger partial charge in [-0.25, -0.2) is 0 Å². The largest absolute Gasteiger partial charge is 0.433 e. The first-order valence-electron chi connectivity index (χ1n) is 7.63. The Kier molecular flexibility index (Phi) is 6.22. The Morgan fingerprint density at radius 2 is 2.00 bits per heavy atom. The fourth-order valence-corrected chi connectivity index (χ4v) is 4.62. The highest BCUT2D eigenvalue weighted by Gasteiger charge is 2.40. The topological polar surface area (TPSA) is 64.3 Å². The van der Waals surface area contributed by atoms with Crippen molar-refractivity contribution < 1.29 is 18.3 Å². The number of fused-ring (bicyclic) bond motifs is 2. The molecule has 0 aliphatic heterocycles. The molecule has 2 saturated carbocycles. The molecule has 0 spiro atoms. The number of halogens is 3. The van der Waals surface area contributed by atoms with Gasteiger partial charge in [-0.05, 0) is 49.0 Å². The van der Waals surface area contributed by atoms with Crippen LogP contribution in [0.25, 0.3) is 0 Å². The lowest BCUT2D eigenvalue weighted by Gasteiger charge is -2.45. The average molecular weight is 367 g/mol. The summed E-state index contributed by atoms with van der Waals surface area (Å²) < 4.78 is 29.1. The van der Waals surface area contributed by atoms with Crippen molar-refractivity contribution in [3.63, 3.8) is 0 Å².